The highest BCUT2D eigenvalue weighted by atomic mass is 19.4. The molecule has 31 heavy (non-hydrogen) atoms. The van der Waals surface area contributed by atoms with Crippen molar-refractivity contribution < 1.29 is 33.0 Å². The zero-order valence-corrected chi connectivity index (χ0v) is 16.7. The van der Waals surface area contributed by atoms with Crippen molar-refractivity contribution in [2.75, 3.05) is 18.5 Å². The van der Waals surface area contributed by atoms with Crippen molar-refractivity contribution in [3.63, 3.8) is 0 Å². The van der Waals surface area contributed by atoms with Gasteiger partial charge in [0.1, 0.15) is 17.6 Å². The number of hydrogen-bond acceptors (Lipinski definition) is 7. The van der Waals surface area contributed by atoms with Gasteiger partial charge in [-0.2, -0.15) is 13.2 Å². The maximum Gasteiger partial charge on any atom is 0.490 e. The standard InChI is InChI=1S/C17H21N5O2.C2HF3O2/c1-10-7-15(22-9-11(18)8-13(22)17(24)19-2)21-16(20-10)12-5-3-4-6-14(12)23;3-2(4,5)1(6)7/h3-7,11,13,23H,8-9,18H2,1-2H3,(H,19,24);(H,6,7)/t11-,13+;/m1./s1. The third kappa shape index (κ3) is 6.04. The first kappa shape index (κ1) is 23.9. The smallest absolute Gasteiger partial charge is 0.490 e. The fourth-order valence-corrected chi connectivity index (χ4v) is 3.02. The molecule has 0 radical (unpaired) electrons. The number of hydrogen-bond donors (Lipinski definition) is 4. The molecule has 1 aliphatic rings. The second-order valence-electron chi connectivity index (χ2n) is 6.79. The Labute approximate surface area is 175 Å². The number of carbonyl (C=O) groups excluding carboxylic acids is 1. The summed E-state index contributed by atoms with van der Waals surface area (Å²) in [6.07, 6.45) is -4.51. The van der Waals surface area contributed by atoms with E-state index in [-0.39, 0.29) is 23.7 Å². The Morgan fingerprint density at radius 3 is 2.42 bits per heavy atom. The minimum atomic E-state index is -5.08. The molecule has 2 atom stereocenters. The lowest BCUT2D eigenvalue weighted by Crippen LogP contribution is -2.42. The molecule has 1 fully saturated rings. The van der Waals surface area contributed by atoms with Crippen molar-refractivity contribution in [3.05, 3.63) is 36.0 Å². The van der Waals surface area contributed by atoms with Crippen molar-refractivity contribution >= 4 is 17.7 Å². The predicted octanol–water partition coefficient (Wildman–Crippen LogP) is 1.44. The van der Waals surface area contributed by atoms with E-state index < -0.39 is 12.1 Å². The van der Waals surface area contributed by atoms with Crippen LogP contribution in [-0.2, 0) is 9.59 Å². The minimum absolute atomic E-state index is 0.0803. The van der Waals surface area contributed by atoms with Crippen molar-refractivity contribution in [1.29, 1.82) is 0 Å². The Hall–Kier alpha value is -3.41. The van der Waals surface area contributed by atoms with Gasteiger partial charge in [0.05, 0.1) is 5.56 Å². The van der Waals surface area contributed by atoms with E-state index in [4.69, 9.17) is 15.6 Å². The summed E-state index contributed by atoms with van der Waals surface area (Å²) in [5.74, 6) is -1.65. The van der Waals surface area contributed by atoms with Crippen LogP contribution < -0.4 is 16.0 Å². The molecule has 12 heteroatoms. The molecule has 1 aliphatic heterocycles. The van der Waals surface area contributed by atoms with Crippen molar-refractivity contribution in [1.82, 2.24) is 15.3 Å². The predicted molar refractivity (Wildman–Crippen MR) is 105 cm³/mol. The van der Waals surface area contributed by atoms with Crippen molar-refractivity contribution in [2.24, 2.45) is 5.73 Å². The number of rotatable bonds is 3. The Morgan fingerprint density at radius 2 is 1.87 bits per heavy atom. The number of para-hydroxylation sites is 1. The average molecular weight is 441 g/mol. The van der Waals surface area contributed by atoms with Crippen LogP contribution in [-0.4, -0.2) is 63.9 Å². The Balaban J connectivity index is 0.000000423. The van der Waals surface area contributed by atoms with Gasteiger partial charge in [-0.15, -0.1) is 0 Å². The topological polar surface area (TPSA) is 142 Å². The Kier molecular flexibility index (Phi) is 7.39. The van der Waals surface area contributed by atoms with Gasteiger partial charge in [0.15, 0.2) is 5.82 Å². The molecule has 0 unspecified atom stereocenters. The van der Waals surface area contributed by atoms with Crippen LogP contribution in [0.3, 0.4) is 0 Å². The first-order chi connectivity index (χ1) is 14.4. The lowest BCUT2D eigenvalue weighted by molar-refractivity contribution is -0.192. The quantitative estimate of drug-likeness (QED) is 0.561. The lowest BCUT2D eigenvalue weighted by Gasteiger charge is -2.24. The molecule has 0 bridgehead atoms. The van der Waals surface area contributed by atoms with Gasteiger partial charge in [0.25, 0.3) is 0 Å². The minimum Gasteiger partial charge on any atom is -0.507 e. The maximum absolute atomic E-state index is 12.1. The van der Waals surface area contributed by atoms with Gasteiger partial charge in [-0.05, 0) is 25.5 Å². The summed E-state index contributed by atoms with van der Waals surface area (Å²) in [5.41, 5.74) is 7.37. The summed E-state index contributed by atoms with van der Waals surface area (Å²) >= 11 is 0. The van der Waals surface area contributed by atoms with E-state index in [0.717, 1.165) is 5.69 Å². The van der Waals surface area contributed by atoms with E-state index in [9.17, 15) is 23.1 Å². The summed E-state index contributed by atoms with van der Waals surface area (Å²) in [7, 11) is 1.61. The molecule has 168 valence electrons. The molecule has 5 N–H and O–H groups in total. The number of nitrogens with two attached hydrogens (primary N) is 1. The number of nitrogens with one attached hydrogen (secondary N) is 1. The number of aromatic nitrogens is 2. The molecule has 9 nitrogen and oxygen atoms in total. The van der Waals surface area contributed by atoms with E-state index in [1.54, 1.807) is 25.2 Å². The number of amides is 1. The number of aliphatic carboxylic acids is 1. The summed E-state index contributed by atoms with van der Waals surface area (Å²) in [5, 5.41) is 19.9. The molecule has 0 saturated carbocycles. The SMILES string of the molecule is CNC(=O)[C@@H]1C[C@@H](N)CN1c1cc(C)nc(-c2ccccc2O)n1.O=C(O)C(F)(F)F. The number of nitrogens with zero attached hydrogens (tertiary/aromatic N) is 3. The number of carboxylic acid groups (broad SMARTS) is 1. The first-order valence-electron chi connectivity index (χ1n) is 9.12. The highest BCUT2D eigenvalue weighted by Crippen LogP contribution is 2.30. The van der Waals surface area contributed by atoms with E-state index >= 15 is 0 Å². The molecule has 2 heterocycles. The van der Waals surface area contributed by atoms with Gasteiger partial charge in [-0.3, -0.25) is 4.79 Å². The van der Waals surface area contributed by atoms with E-state index in [1.807, 2.05) is 24.0 Å². The number of alkyl halides is 3. The molecule has 0 aliphatic carbocycles. The van der Waals surface area contributed by atoms with Crippen LogP contribution in [0.2, 0.25) is 0 Å². The van der Waals surface area contributed by atoms with Gasteiger partial charge in [0.2, 0.25) is 5.91 Å². The van der Waals surface area contributed by atoms with Crippen LogP contribution in [0.4, 0.5) is 19.0 Å². The number of phenols is 1. The van der Waals surface area contributed by atoms with Gasteiger partial charge in [0, 0.05) is 31.4 Å². The molecule has 3 rings (SSSR count). The fraction of sp³-hybridized carbons (Fsp3) is 0.368. The van der Waals surface area contributed by atoms with Crippen LogP contribution in [0.5, 0.6) is 5.75 Å². The normalized spacial score (nSPS) is 18.2. The van der Waals surface area contributed by atoms with Crippen LogP contribution in [0.15, 0.2) is 30.3 Å². The molecule has 2 aromatic rings. The van der Waals surface area contributed by atoms with Gasteiger partial charge >= 0.3 is 12.1 Å². The van der Waals surface area contributed by atoms with E-state index in [1.165, 1.54) is 0 Å². The summed E-state index contributed by atoms with van der Waals surface area (Å²) in [6.45, 7) is 2.41. The summed E-state index contributed by atoms with van der Waals surface area (Å²) in [6, 6.07) is 8.32. The number of phenolic OH excluding ortho intramolecular Hbond substituents is 1. The van der Waals surface area contributed by atoms with Crippen molar-refractivity contribution in [3.8, 4) is 17.1 Å². The van der Waals surface area contributed by atoms with Gasteiger partial charge in [-0.25, -0.2) is 14.8 Å². The molecule has 0 spiro atoms. The zero-order chi connectivity index (χ0) is 23.3. The van der Waals surface area contributed by atoms with E-state index in [0.29, 0.717) is 30.2 Å². The summed E-state index contributed by atoms with van der Waals surface area (Å²) < 4.78 is 31.7. The zero-order valence-electron chi connectivity index (χ0n) is 16.7. The number of halogens is 3. The number of aromatic hydroxyl groups is 1. The number of carbonyl (C=O) groups is 2. The highest BCUT2D eigenvalue weighted by molar-refractivity contribution is 5.85. The lowest BCUT2D eigenvalue weighted by atomic mass is 10.1. The number of likely N-dealkylation sites (N-methyl/N-ethyl adjacent to an activating group) is 1. The summed E-state index contributed by atoms with van der Waals surface area (Å²) in [4.78, 5) is 31.9. The second kappa shape index (κ2) is 9.60. The van der Waals surface area contributed by atoms with Crippen LogP contribution >= 0.6 is 0 Å². The fourth-order valence-electron chi connectivity index (χ4n) is 3.02. The van der Waals surface area contributed by atoms with Crippen molar-refractivity contribution in [2.45, 2.75) is 31.6 Å². The first-order valence-corrected chi connectivity index (χ1v) is 9.12. The van der Waals surface area contributed by atoms with E-state index in [2.05, 4.69) is 15.3 Å². The number of anilines is 1. The number of aryl methyl sites for hydroxylation is 1. The van der Waals surface area contributed by atoms with Crippen LogP contribution in [0.25, 0.3) is 11.4 Å². The molecule has 1 aromatic heterocycles. The maximum atomic E-state index is 12.1. The Bertz CT molecular complexity index is 954. The molecular weight excluding hydrogens is 419 g/mol. The number of benzene rings is 1. The number of carboxylic acids is 1. The average Bonchev–Trinajstić information content (AvgIpc) is 3.09. The van der Waals surface area contributed by atoms with Gasteiger partial charge < -0.3 is 26.2 Å². The largest absolute Gasteiger partial charge is 0.507 e. The molecular formula is C19H22F3N5O4. The highest BCUT2D eigenvalue weighted by Gasteiger charge is 2.38. The van der Waals surface area contributed by atoms with Crippen LogP contribution in [0, 0.1) is 6.92 Å². The van der Waals surface area contributed by atoms with Crippen LogP contribution in [0.1, 0.15) is 12.1 Å². The molecule has 1 amide bonds. The van der Waals surface area contributed by atoms with Gasteiger partial charge in [-0.1, -0.05) is 12.1 Å². The molecule has 1 saturated heterocycles. The third-order valence-electron chi connectivity index (χ3n) is 4.40. The monoisotopic (exact) mass is 441 g/mol. The molecule has 1 aromatic carbocycles. The third-order valence-corrected chi connectivity index (χ3v) is 4.40. The second-order valence-corrected chi connectivity index (χ2v) is 6.79. The Morgan fingerprint density at radius 1 is 1.26 bits per heavy atom.